The molecule has 1 atom stereocenters. The van der Waals surface area contributed by atoms with Crippen LogP contribution in [-0.2, 0) is 6.54 Å². The Morgan fingerprint density at radius 3 is 3.13 bits per heavy atom. The normalized spacial score (nSPS) is 20.9. The molecule has 4 nitrogen and oxygen atoms in total. The summed E-state index contributed by atoms with van der Waals surface area (Å²) < 4.78 is 0. The molecule has 1 saturated heterocycles. The minimum Gasteiger partial charge on any atom is -0.337 e. The number of nitrogens with zero attached hydrogens (tertiary/aromatic N) is 2. The highest BCUT2D eigenvalue weighted by molar-refractivity contribution is 7.09. The molecule has 0 radical (unpaired) electrons. The second-order valence-corrected chi connectivity index (χ2v) is 4.92. The first-order chi connectivity index (χ1) is 7.20. The predicted octanol–water partition coefficient (Wildman–Crippen LogP) is 1.08. The van der Waals surface area contributed by atoms with E-state index in [1.54, 1.807) is 5.38 Å². The van der Waals surface area contributed by atoms with Gasteiger partial charge in [0.2, 0.25) is 0 Å². The molecule has 2 heterocycles. The summed E-state index contributed by atoms with van der Waals surface area (Å²) in [7, 11) is 0. The molecule has 1 aromatic heterocycles. The van der Waals surface area contributed by atoms with Crippen LogP contribution in [0.4, 0.5) is 0 Å². The third kappa shape index (κ3) is 2.18. The van der Waals surface area contributed by atoms with Crippen molar-refractivity contribution in [3.63, 3.8) is 0 Å². The molecule has 0 aliphatic carbocycles. The van der Waals surface area contributed by atoms with Crippen LogP contribution in [0, 0.1) is 5.92 Å². The van der Waals surface area contributed by atoms with Gasteiger partial charge in [-0.3, -0.25) is 4.79 Å². The molecule has 2 rings (SSSR count). The Labute approximate surface area is 93.1 Å². The Kier molecular flexibility index (Phi) is 3.02. The third-order valence-electron chi connectivity index (χ3n) is 2.66. The highest BCUT2D eigenvalue weighted by atomic mass is 32.1. The summed E-state index contributed by atoms with van der Waals surface area (Å²) in [5.41, 5.74) is 6.01. The molecule has 1 aromatic rings. The monoisotopic (exact) mass is 225 g/mol. The molecule has 1 aliphatic rings. The lowest BCUT2D eigenvalue weighted by Gasteiger charge is -2.13. The van der Waals surface area contributed by atoms with Gasteiger partial charge >= 0.3 is 0 Å². The first kappa shape index (κ1) is 10.6. The molecule has 1 fully saturated rings. The van der Waals surface area contributed by atoms with Gasteiger partial charge in [-0.1, -0.05) is 6.92 Å². The summed E-state index contributed by atoms with van der Waals surface area (Å²) in [6, 6.07) is 0. The molecule has 15 heavy (non-hydrogen) atoms. The van der Waals surface area contributed by atoms with E-state index in [2.05, 4.69) is 11.9 Å². The largest absolute Gasteiger partial charge is 0.337 e. The predicted molar refractivity (Wildman–Crippen MR) is 59.7 cm³/mol. The molecular weight excluding hydrogens is 210 g/mol. The zero-order valence-electron chi connectivity index (χ0n) is 8.77. The van der Waals surface area contributed by atoms with Crippen molar-refractivity contribution in [2.75, 3.05) is 13.1 Å². The van der Waals surface area contributed by atoms with E-state index < -0.39 is 0 Å². The lowest BCUT2D eigenvalue weighted by atomic mass is 10.2. The Hall–Kier alpha value is -0.940. The number of amides is 1. The van der Waals surface area contributed by atoms with Crippen LogP contribution in [-0.4, -0.2) is 28.9 Å². The van der Waals surface area contributed by atoms with Gasteiger partial charge in [-0.05, 0) is 12.3 Å². The van der Waals surface area contributed by atoms with Crippen LogP contribution in [0.25, 0.3) is 0 Å². The maximum atomic E-state index is 12.0. The molecule has 1 aliphatic heterocycles. The number of nitrogens with two attached hydrogens (primary N) is 1. The van der Waals surface area contributed by atoms with E-state index in [1.165, 1.54) is 11.3 Å². The number of rotatable bonds is 2. The van der Waals surface area contributed by atoms with Crippen molar-refractivity contribution >= 4 is 17.2 Å². The van der Waals surface area contributed by atoms with Crippen LogP contribution in [0.5, 0.6) is 0 Å². The van der Waals surface area contributed by atoms with Crippen molar-refractivity contribution in [1.82, 2.24) is 9.88 Å². The molecular formula is C10H15N3OS. The van der Waals surface area contributed by atoms with Crippen LogP contribution < -0.4 is 5.73 Å². The molecule has 0 aromatic carbocycles. The van der Waals surface area contributed by atoms with Gasteiger partial charge in [0, 0.05) is 25.0 Å². The highest BCUT2D eigenvalue weighted by Crippen LogP contribution is 2.18. The van der Waals surface area contributed by atoms with Crippen molar-refractivity contribution in [3.05, 3.63) is 16.1 Å². The van der Waals surface area contributed by atoms with E-state index in [0.29, 0.717) is 18.2 Å². The van der Waals surface area contributed by atoms with Crippen LogP contribution in [0.15, 0.2) is 5.38 Å². The van der Waals surface area contributed by atoms with E-state index in [4.69, 9.17) is 5.73 Å². The highest BCUT2D eigenvalue weighted by Gasteiger charge is 2.25. The Bertz CT molecular complexity index is 363. The number of hydrogen-bond acceptors (Lipinski definition) is 4. The van der Waals surface area contributed by atoms with Crippen LogP contribution >= 0.6 is 11.3 Å². The zero-order chi connectivity index (χ0) is 10.8. The fourth-order valence-corrected chi connectivity index (χ4v) is 2.43. The van der Waals surface area contributed by atoms with Gasteiger partial charge < -0.3 is 10.6 Å². The van der Waals surface area contributed by atoms with E-state index in [1.807, 2.05) is 4.90 Å². The fourth-order valence-electron chi connectivity index (χ4n) is 1.78. The Morgan fingerprint density at radius 2 is 2.60 bits per heavy atom. The number of likely N-dealkylation sites (tertiary alicyclic amines) is 1. The van der Waals surface area contributed by atoms with Crippen molar-refractivity contribution in [3.8, 4) is 0 Å². The number of carbonyl (C=O) groups is 1. The minimum atomic E-state index is 0.0512. The van der Waals surface area contributed by atoms with Gasteiger partial charge in [-0.25, -0.2) is 4.98 Å². The maximum absolute atomic E-state index is 12.0. The van der Waals surface area contributed by atoms with Gasteiger partial charge in [-0.15, -0.1) is 11.3 Å². The minimum absolute atomic E-state index is 0.0512. The average molecular weight is 225 g/mol. The van der Waals surface area contributed by atoms with Crippen molar-refractivity contribution in [1.29, 1.82) is 0 Å². The van der Waals surface area contributed by atoms with E-state index in [-0.39, 0.29) is 5.91 Å². The summed E-state index contributed by atoms with van der Waals surface area (Å²) in [5, 5.41) is 2.62. The number of carbonyl (C=O) groups excluding carboxylic acids is 1. The summed E-state index contributed by atoms with van der Waals surface area (Å²) >= 11 is 1.45. The van der Waals surface area contributed by atoms with E-state index in [0.717, 1.165) is 24.5 Å². The second kappa shape index (κ2) is 4.28. The van der Waals surface area contributed by atoms with Gasteiger partial charge in [0.1, 0.15) is 10.7 Å². The van der Waals surface area contributed by atoms with E-state index >= 15 is 0 Å². The van der Waals surface area contributed by atoms with Crippen molar-refractivity contribution in [2.45, 2.75) is 19.9 Å². The molecule has 2 N–H and O–H groups in total. The van der Waals surface area contributed by atoms with Crippen molar-refractivity contribution in [2.24, 2.45) is 11.7 Å². The maximum Gasteiger partial charge on any atom is 0.273 e. The fraction of sp³-hybridized carbons (Fsp3) is 0.600. The van der Waals surface area contributed by atoms with Gasteiger partial charge in [0.25, 0.3) is 5.91 Å². The SMILES string of the molecule is CC1CCN(C(=O)c2csc(CN)n2)C1. The molecule has 5 heteroatoms. The second-order valence-electron chi connectivity index (χ2n) is 3.98. The van der Waals surface area contributed by atoms with Gasteiger partial charge in [0.05, 0.1) is 0 Å². The summed E-state index contributed by atoms with van der Waals surface area (Å²) in [6.07, 6.45) is 1.10. The van der Waals surface area contributed by atoms with E-state index in [9.17, 15) is 4.79 Å². The number of hydrogen-bond donors (Lipinski definition) is 1. The number of thiazole rings is 1. The molecule has 0 saturated carbocycles. The third-order valence-corrected chi connectivity index (χ3v) is 3.53. The van der Waals surface area contributed by atoms with Crippen LogP contribution in [0.2, 0.25) is 0 Å². The first-order valence-electron chi connectivity index (χ1n) is 5.14. The Balaban J connectivity index is 2.07. The molecule has 1 unspecified atom stereocenters. The summed E-state index contributed by atoms with van der Waals surface area (Å²) in [6.45, 7) is 4.29. The van der Waals surface area contributed by atoms with Gasteiger partial charge in [0.15, 0.2) is 0 Å². The first-order valence-corrected chi connectivity index (χ1v) is 6.02. The molecule has 0 bridgehead atoms. The smallest absolute Gasteiger partial charge is 0.273 e. The lowest BCUT2D eigenvalue weighted by Crippen LogP contribution is -2.28. The number of aromatic nitrogens is 1. The summed E-state index contributed by atoms with van der Waals surface area (Å²) in [4.78, 5) is 18.0. The quantitative estimate of drug-likeness (QED) is 0.819. The van der Waals surface area contributed by atoms with Crippen molar-refractivity contribution < 1.29 is 4.79 Å². The van der Waals surface area contributed by atoms with Gasteiger partial charge in [-0.2, -0.15) is 0 Å². The lowest BCUT2D eigenvalue weighted by molar-refractivity contribution is 0.0783. The zero-order valence-corrected chi connectivity index (χ0v) is 9.59. The topological polar surface area (TPSA) is 59.2 Å². The van der Waals surface area contributed by atoms with Crippen LogP contribution in [0.1, 0.15) is 28.8 Å². The molecule has 1 amide bonds. The molecule has 82 valence electrons. The van der Waals surface area contributed by atoms with Crippen LogP contribution in [0.3, 0.4) is 0 Å². The standard InChI is InChI=1S/C10H15N3OS/c1-7-2-3-13(5-7)10(14)8-6-15-9(4-11)12-8/h6-7H,2-5,11H2,1H3. The summed E-state index contributed by atoms with van der Waals surface area (Å²) in [5.74, 6) is 0.664. The Morgan fingerprint density at radius 1 is 1.80 bits per heavy atom. The average Bonchev–Trinajstić information content (AvgIpc) is 2.84. The molecule has 0 spiro atoms.